The first kappa shape index (κ1) is 21.5. The van der Waals surface area contributed by atoms with E-state index in [9.17, 15) is 18.0 Å². The van der Waals surface area contributed by atoms with Gasteiger partial charge < -0.3 is 15.0 Å². The predicted octanol–water partition coefficient (Wildman–Crippen LogP) is 0.849. The highest BCUT2D eigenvalue weighted by atomic mass is 32.2. The van der Waals surface area contributed by atoms with Crippen LogP contribution in [0.15, 0.2) is 35.2 Å². The molecule has 2 fully saturated rings. The second-order valence-electron chi connectivity index (χ2n) is 7.05. The highest BCUT2D eigenvalue weighted by molar-refractivity contribution is 7.89. The quantitative estimate of drug-likeness (QED) is 0.496. The normalized spacial score (nSPS) is 18.5. The molecule has 2 aliphatic heterocycles. The molecule has 0 radical (unpaired) electrons. The molecular formula is C20H27N3O5S. The van der Waals surface area contributed by atoms with Crippen LogP contribution in [0.4, 0.5) is 0 Å². The number of nitrogens with zero attached hydrogens (tertiary/aromatic N) is 2. The Balaban J connectivity index is 1.45. The number of nitrogens with one attached hydrogen (secondary N) is 1. The number of ether oxygens (including phenoxy) is 1. The maximum Gasteiger partial charge on any atom is 0.244 e. The molecule has 0 saturated carbocycles. The van der Waals surface area contributed by atoms with Crippen molar-refractivity contribution in [3.05, 3.63) is 35.9 Å². The van der Waals surface area contributed by atoms with Gasteiger partial charge in [-0.25, -0.2) is 8.42 Å². The van der Waals surface area contributed by atoms with Crippen LogP contribution in [0.3, 0.4) is 0 Å². The lowest BCUT2D eigenvalue weighted by Gasteiger charge is -2.26. The summed E-state index contributed by atoms with van der Waals surface area (Å²) < 4.78 is 31.8. The summed E-state index contributed by atoms with van der Waals surface area (Å²) in [5.74, 6) is -0.0296. The van der Waals surface area contributed by atoms with E-state index in [0.29, 0.717) is 45.8 Å². The van der Waals surface area contributed by atoms with Gasteiger partial charge in [0.1, 0.15) is 0 Å². The van der Waals surface area contributed by atoms with Crippen molar-refractivity contribution in [1.29, 1.82) is 0 Å². The van der Waals surface area contributed by atoms with Crippen molar-refractivity contribution >= 4 is 27.9 Å². The summed E-state index contributed by atoms with van der Waals surface area (Å²) in [6.45, 7) is 3.51. The molecule has 1 aromatic rings. The Kier molecular flexibility index (Phi) is 7.40. The smallest absolute Gasteiger partial charge is 0.244 e. The predicted molar refractivity (Wildman–Crippen MR) is 108 cm³/mol. The van der Waals surface area contributed by atoms with Crippen molar-refractivity contribution in [2.24, 2.45) is 0 Å². The van der Waals surface area contributed by atoms with Gasteiger partial charge in [0.15, 0.2) is 0 Å². The second kappa shape index (κ2) is 10.00. The Labute approximate surface area is 171 Å². The zero-order chi connectivity index (χ0) is 20.7. The summed E-state index contributed by atoms with van der Waals surface area (Å²) in [4.78, 5) is 25.5. The van der Waals surface area contributed by atoms with Crippen molar-refractivity contribution < 1.29 is 22.7 Å². The fraction of sp³-hybridized carbons (Fsp3) is 0.500. The van der Waals surface area contributed by atoms with E-state index in [1.165, 1.54) is 10.4 Å². The van der Waals surface area contributed by atoms with E-state index in [-0.39, 0.29) is 16.7 Å². The molecule has 2 heterocycles. The first-order valence-electron chi connectivity index (χ1n) is 9.88. The third-order valence-electron chi connectivity index (χ3n) is 4.99. The Bertz CT molecular complexity index is 845. The summed E-state index contributed by atoms with van der Waals surface area (Å²) in [5.41, 5.74) is 0.740. The Morgan fingerprint density at radius 2 is 1.86 bits per heavy atom. The van der Waals surface area contributed by atoms with Crippen LogP contribution in [0.2, 0.25) is 0 Å². The number of likely N-dealkylation sites (tertiary alicyclic amines) is 1. The molecule has 0 bridgehead atoms. The molecule has 9 heteroatoms. The van der Waals surface area contributed by atoms with Gasteiger partial charge >= 0.3 is 0 Å². The first-order valence-corrected chi connectivity index (χ1v) is 11.3. The van der Waals surface area contributed by atoms with E-state index in [1.807, 2.05) is 4.90 Å². The van der Waals surface area contributed by atoms with Gasteiger partial charge in [-0.15, -0.1) is 0 Å². The van der Waals surface area contributed by atoms with Gasteiger partial charge in [0, 0.05) is 45.2 Å². The largest absolute Gasteiger partial charge is 0.379 e. The van der Waals surface area contributed by atoms with Crippen LogP contribution in [0.25, 0.3) is 6.08 Å². The summed E-state index contributed by atoms with van der Waals surface area (Å²) in [5, 5.41) is 2.79. The van der Waals surface area contributed by atoms with Crippen molar-refractivity contribution in [3.63, 3.8) is 0 Å². The van der Waals surface area contributed by atoms with Gasteiger partial charge in [-0.3, -0.25) is 9.59 Å². The number of hydrogen-bond acceptors (Lipinski definition) is 5. The highest BCUT2D eigenvalue weighted by Crippen LogP contribution is 2.18. The van der Waals surface area contributed by atoms with Gasteiger partial charge in [-0.1, -0.05) is 12.1 Å². The number of morpholine rings is 1. The van der Waals surface area contributed by atoms with Gasteiger partial charge in [-0.2, -0.15) is 4.31 Å². The molecule has 29 heavy (non-hydrogen) atoms. The zero-order valence-electron chi connectivity index (χ0n) is 16.4. The van der Waals surface area contributed by atoms with Crippen molar-refractivity contribution in [3.8, 4) is 0 Å². The molecular weight excluding hydrogens is 394 g/mol. The lowest BCUT2D eigenvalue weighted by Crippen LogP contribution is -2.40. The number of amides is 2. The number of benzene rings is 1. The van der Waals surface area contributed by atoms with E-state index >= 15 is 0 Å². The molecule has 8 nitrogen and oxygen atoms in total. The van der Waals surface area contributed by atoms with Gasteiger partial charge in [0.05, 0.1) is 18.1 Å². The molecule has 2 saturated heterocycles. The van der Waals surface area contributed by atoms with E-state index in [2.05, 4.69) is 5.32 Å². The maximum absolute atomic E-state index is 12.6. The van der Waals surface area contributed by atoms with Crippen LogP contribution >= 0.6 is 0 Å². The highest BCUT2D eigenvalue weighted by Gasteiger charge is 2.26. The molecule has 1 aromatic carbocycles. The summed E-state index contributed by atoms with van der Waals surface area (Å²) >= 11 is 0. The number of carbonyl (C=O) groups is 2. The molecule has 0 atom stereocenters. The molecule has 3 rings (SSSR count). The third kappa shape index (κ3) is 5.88. The fourth-order valence-electron chi connectivity index (χ4n) is 3.34. The van der Waals surface area contributed by atoms with Crippen LogP contribution < -0.4 is 5.32 Å². The van der Waals surface area contributed by atoms with E-state index < -0.39 is 10.0 Å². The van der Waals surface area contributed by atoms with E-state index in [4.69, 9.17) is 4.74 Å². The fourth-order valence-corrected chi connectivity index (χ4v) is 4.75. The second-order valence-corrected chi connectivity index (χ2v) is 8.99. The van der Waals surface area contributed by atoms with Gasteiger partial charge in [0.25, 0.3) is 0 Å². The average Bonchev–Trinajstić information content (AvgIpc) is 3.15. The van der Waals surface area contributed by atoms with E-state index in [0.717, 1.165) is 24.9 Å². The Morgan fingerprint density at radius 3 is 2.52 bits per heavy atom. The number of carbonyl (C=O) groups excluding carboxylic acids is 2. The van der Waals surface area contributed by atoms with Crippen molar-refractivity contribution in [2.75, 3.05) is 45.9 Å². The summed E-state index contributed by atoms with van der Waals surface area (Å²) in [6.07, 6.45) is 5.33. The summed E-state index contributed by atoms with van der Waals surface area (Å²) in [6, 6.07) is 6.46. The van der Waals surface area contributed by atoms with Crippen LogP contribution in [-0.2, 0) is 24.3 Å². The zero-order valence-corrected chi connectivity index (χ0v) is 17.2. The standard InChI is InChI=1S/C20H27N3O5S/c24-19(21-10-2-12-22-11-1-3-20(22)25)9-6-17-4-7-18(8-5-17)29(26,27)23-13-15-28-16-14-23/h4-9H,1-3,10-16H2,(H,21,24)/b9-6+. The SMILES string of the molecule is O=C(/C=C/c1ccc(S(=O)(=O)N2CCOCC2)cc1)NCCCN1CCCC1=O. The number of rotatable bonds is 8. The van der Waals surface area contributed by atoms with Crippen LogP contribution in [-0.4, -0.2) is 75.4 Å². The molecule has 0 aromatic heterocycles. The van der Waals surface area contributed by atoms with Crippen molar-refractivity contribution in [1.82, 2.24) is 14.5 Å². The molecule has 1 N–H and O–H groups in total. The minimum Gasteiger partial charge on any atom is -0.379 e. The summed E-state index contributed by atoms with van der Waals surface area (Å²) in [7, 11) is -3.51. The average molecular weight is 422 g/mol. The van der Waals surface area contributed by atoms with Crippen LogP contribution in [0.1, 0.15) is 24.8 Å². The minimum atomic E-state index is -3.51. The topological polar surface area (TPSA) is 96.0 Å². The van der Waals surface area contributed by atoms with Gasteiger partial charge in [0.2, 0.25) is 21.8 Å². The van der Waals surface area contributed by atoms with Crippen LogP contribution in [0.5, 0.6) is 0 Å². The number of sulfonamides is 1. The molecule has 0 aliphatic carbocycles. The third-order valence-corrected chi connectivity index (χ3v) is 6.90. The molecule has 2 aliphatic rings. The Hall–Kier alpha value is -2.23. The lowest BCUT2D eigenvalue weighted by atomic mass is 10.2. The first-order chi connectivity index (χ1) is 14.0. The Morgan fingerprint density at radius 1 is 1.14 bits per heavy atom. The van der Waals surface area contributed by atoms with E-state index in [1.54, 1.807) is 30.3 Å². The number of hydrogen-bond donors (Lipinski definition) is 1. The molecule has 2 amide bonds. The molecule has 0 spiro atoms. The lowest BCUT2D eigenvalue weighted by molar-refractivity contribution is -0.127. The molecule has 158 valence electrons. The monoisotopic (exact) mass is 421 g/mol. The maximum atomic E-state index is 12.6. The van der Waals surface area contributed by atoms with Crippen LogP contribution in [0, 0.1) is 0 Å². The van der Waals surface area contributed by atoms with Crippen molar-refractivity contribution in [2.45, 2.75) is 24.2 Å². The minimum absolute atomic E-state index is 0.190. The molecule has 0 unspecified atom stereocenters. The van der Waals surface area contributed by atoms with Gasteiger partial charge in [-0.05, 0) is 36.6 Å².